The Morgan fingerprint density at radius 1 is 1.47 bits per heavy atom. The molecule has 2 atom stereocenters. The number of aliphatic hydroxyl groups is 1. The SMILES string of the molecule is CCN(CCO)CC1CC(C(C)C)CCC1=O. The zero-order valence-corrected chi connectivity index (χ0v) is 11.5. The molecule has 1 N–H and O–H groups in total. The highest BCUT2D eigenvalue weighted by Gasteiger charge is 2.30. The van der Waals surface area contributed by atoms with E-state index in [1.807, 2.05) is 0 Å². The Labute approximate surface area is 105 Å². The van der Waals surface area contributed by atoms with Gasteiger partial charge in [0.25, 0.3) is 0 Å². The molecule has 1 aliphatic rings. The van der Waals surface area contributed by atoms with Gasteiger partial charge in [-0.2, -0.15) is 0 Å². The average molecular weight is 241 g/mol. The Bertz CT molecular complexity index is 240. The summed E-state index contributed by atoms with van der Waals surface area (Å²) >= 11 is 0. The van der Waals surface area contributed by atoms with Crippen LogP contribution in [-0.4, -0.2) is 42.0 Å². The number of carbonyl (C=O) groups excluding carboxylic acids is 1. The van der Waals surface area contributed by atoms with Crippen molar-refractivity contribution in [1.29, 1.82) is 0 Å². The lowest BCUT2D eigenvalue weighted by molar-refractivity contribution is -0.126. The van der Waals surface area contributed by atoms with E-state index in [2.05, 4.69) is 25.7 Å². The zero-order valence-electron chi connectivity index (χ0n) is 11.5. The van der Waals surface area contributed by atoms with Crippen LogP contribution in [0.3, 0.4) is 0 Å². The molecule has 1 aliphatic carbocycles. The van der Waals surface area contributed by atoms with Crippen molar-refractivity contribution in [3.8, 4) is 0 Å². The molecular formula is C14H27NO2. The molecule has 3 heteroatoms. The molecule has 0 amide bonds. The van der Waals surface area contributed by atoms with Gasteiger partial charge in [0.05, 0.1) is 6.61 Å². The van der Waals surface area contributed by atoms with Crippen LogP contribution in [-0.2, 0) is 4.79 Å². The van der Waals surface area contributed by atoms with Crippen LogP contribution in [0.4, 0.5) is 0 Å². The van der Waals surface area contributed by atoms with Crippen molar-refractivity contribution in [2.75, 3.05) is 26.2 Å². The van der Waals surface area contributed by atoms with Crippen LogP contribution >= 0.6 is 0 Å². The lowest BCUT2D eigenvalue weighted by atomic mass is 9.75. The summed E-state index contributed by atoms with van der Waals surface area (Å²) < 4.78 is 0. The van der Waals surface area contributed by atoms with Gasteiger partial charge < -0.3 is 10.0 Å². The third-order valence-electron chi connectivity index (χ3n) is 4.09. The Balaban J connectivity index is 2.51. The van der Waals surface area contributed by atoms with Gasteiger partial charge in [-0.3, -0.25) is 4.79 Å². The smallest absolute Gasteiger partial charge is 0.137 e. The maximum Gasteiger partial charge on any atom is 0.137 e. The zero-order chi connectivity index (χ0) is 12.8. The van der Waals surface area contributed by atoms with Gasteiger partial charge in [-0.1, -0.05) is 20.8 Å². The molecule has 17 heavy (non-hydrogen) atoms. The van der Waals surface area contributed by atoms with E-state index in [1.54, 1.807) is 0 Å². The minimum absolute atomic E-state index is 0.183. The van der Waals surface area contributed by atoms with Gasteiger partial charge in [0.15, 0.2) is 0 Å². The Hall–Kier alpha value is -0.410. The monoisotopic (exact) mass is 241 g/mol. The number of ketones is 1. The van der Waals surface area contributed by atoms with Gasteiger partial charge in [-0.05, 0) is 31.2 Å². The number of hydrogen-bond donors (Lipinski definition) is 1. The maximum absolute atomic E-state index is 11.9. The highest BCUT2D eigenvalue weighted by atomic mass is 16.3. The van der Waals surface area contributed by atoms with E-state index in [1.165, 1.54) is 0 Å². The standard InChI is InChI=1S/C14H27NO2/c1-4-15(7-8-16)10-13-9-12(11(2)3)5-6-14(13)17/h11-13,16H,4-10H2,1-3H3. The largest absolute Gasteiger partial charge is 0.395 e. The predicted molar refractivity (Wildman–Crippen MR) is 69.9 cm³/mol. The normalized spacial score (nSPS) is 25.9. The molecule has 0 heterocycles. The molecule has 100 valence electrons. The van der Waals surface area contributed by atoms with E-state index < -0.39 is 0 Å². The minimum atomic E-state index is 0.183. The first kappa shape index (κ1) is 14.7. The first-order valence-electron chi connectivity index (χ1n) is 6.94. The van der Waals surface area contributed by atoms with Crippen LogP contribution in [0.5, 0.6) is 0 Å². The molecule has 0 saturated heterocycles. The van der Waals surface area contributed by atoms with Crippen LogP contribution in [0, 0.1) is 17.8 Å². The lowest BCUT2D eigenvalue weighted by Gasteiger charge is -2.33. The fourth-order valence-electron chi connectivity index (χ4n) is 2.76. The number of likely N-dealkylation sites (N-methyl/N-ethyl adjacent to an activating group) is 1. The topological polar surface area (TPSA) is 40.5 Å². The number of nitrogens with zero attached hydrogens (tertiary/aromatic N) is 1. The van der Waals surface area contributed by atoms with Crippen LogP contribution in [0.2, 0.25) is 0 Å². The number of carbonyl (C=O) groups is 1. The first-order valence-corrected chi connectivity index (χ1v) is 6.94. The lowest BCUT2D eigenvalue weighted by Crippen LogP contribution is -2.38. The van der Waals surface area contributed by atoms with E-state index in [0.717, 1.165) is 32.4 Å². The van der Waals surface area contributed by atoms with E-state index in [4.69, 9.17) is 5.11 Å². The molecule has 0 aromatic heterocycles. The minimum Gasteiger partial charge on any atom is -0.395 e. The summed E-state index contributed by atoms with van der Waals surface area (Å²) in [5, 5.41) is 8.98. The average Bonchev–Trinajstić information content (AvgIpc) is 2.30. The summed E-state index contributed by atoms with van der Waals surface area (Å²) in [5.41, 5.74) is 0. The van der Waals surface area contributed by atoms with E-state index in [-0.39, 0.29) is 12.5 Å². The van der Waals surface area contributed by atoms with E-state index >= 15 is 0 Å². The van der Waals surface area contributed by atoms with Crippen molar-refractivity contribution in [1.82, 2.24) is 4.90 Å². The van der Waals surface area contributed by atoms with Crippen LogP contribution in [0.25, 0.3) is 0 Å². The van der Waals surface area contributed by atoms with Crippen molar-refractivity contribution in [2.45, 2.75) is 40.0 Å². The molecule has 0 radical (unpaired) electrons. The third-order valence-corrected chi connectivity index (χ3v) is 4.09. The van der Waals surface area contributed by atoms with Crippen molar-refractivity contribution in [3.05, 3.63) is 0 Å². The second kappa shape index (κ2) is 7.12. The summed E-state index contributed by atoms with van der Waals surface area (Å²) in [6.45, 7) is 9.21. The third kappa shape index (κ3) is 4.40. The molecule has 0 spiro atoms. The van der Waals surface area contributed by atoms with Crippen molar-refractivity contribution in [2.24, 2.45) is 17.8 Å². The summed E-state index contributed by atoms with van der Waals surface area (Å²) in [7, 11) is 0. The van der Waals surface area contributed by atoms with Gasteiger partial charge in [0.2, 0.25) is 0 Å². The summed E-state index contributed by atoms with van der Waals surface area (Å²) in [6, 6.07) is 0. The van der Waals surface area contributed by atoms with Gasteiger partial charge in [-0.15, -0.1) is 0 Å². The second-order valence-electron chi connectivity index (χ2n) is 5.56. The fourth-order valence-corrected chi connectivity index (χ4v) is 2.76. The summed E-state index contributed by atoms with van der Waals surface area (Å²) in [4.78, 5) is 14.1. The van der Waals surface area contributed by atoms with E-state index in [9.17, 15) is 4.79 Å². The Kier molecular flexibility index (Phi) is 6.14. The quantitative estimate of drug-likeness (QED) is 0.772. The molecular weight excluding hydrogens is 214 g/mol. The second-order valence-corrected chi connectivity index (χ2v) is 5.56. The van der Waals surface area contributed by atoms with Crippen molar-refractivity contribution >= 4 is 5.78 Å². The van der Waals surface area contributed by atoms with Crippen molar-refractivity contribution in [3.63, 3.8) is 0 Å². The molecule has 1 fully saturated rings. The van der Waals surface area contributed by atoms with Crippen LogP contribution in [0.15, 0.2) is 0 Å². The number of aliphatic hydroxyl groups excluding tert-OH is 1. The predicted octanol–water partition coefficient (Wildman–Crippen LogP) is 1.94. The molecule has 0 bridgehead atoms. The number of Topliss-reactive ketones (excluding diaryl/α,β-unsaturated/α-hetero) is 1. The van der Waals surface area contributed by atoms with E-state index in [0.29, 0.717) is 24.2 Å². The van der Waals surface area contributed by atoms with Gasteiger partial charge in [0.1, 0.15) is 5.78 Å². The fraction of sp³-hybridized carbons (Fsp3) is 0.929. The molecule has 0 aliphatic heterocycles. The molecule has 0 aromatic carbocycles. The van der Waals surface area contributed by atoms with Crippen LogP contribution < -0.4 is 0 Å². The Morgan fingerprint density at radius 2 is 2.18 bits per heavy atom. The molecule has 1 saturated carbocycles. The highest BCUT2D eigenvalue weighted by Crippen LogP contribution is 2.32. The van der Waals surface area contributed by atoms with Gasteiger partial charge in [0, 0.05) is 25.4 Å². The Morgan fingerprint density at radius 3 is 2.71 bits per heavy atom. The van der Waals surface area contributed by atoms with Gasteiger partial charge >= 0.3 is 0 Å². The van der Waals surface area contributed by atoms with Gasteiger partial charge in [-0.25, -0.2) is 0 Å². The number of hydrogen-bond acceptors (Lipinski definition) is 3. The molecule has 0 aromatic rings. The maximum atomic E-state index is 11.9. The first-order chi connectivity index (χ1) is 8.08. The molecule has 1 rings (SSSR count). The van der Waals surface area contributed by atoms with Crippen LogP contribution in [0.1, 0.15) is 40.0 Å². The number of rotatable bonds is 6. The molecule has 3 nitrogen and oxygen atoms in total. The summed E-state index contributed by atoms with van der Waals surface area (Å²) in [6.07, 6.45) is 2.86. The molecule has 2 unspecified atom stereocenters. The summed E-state index contributed by atoms with van der Waals surface area (Å²) in [5.74, 6) is 2.00. The highest BCUT2D eigenvalue weighted by molar-refractivity contribution is 5.82. The van der Waals surface area contributed by atoms with Crippen molar-refractivity contribution < 1.29 is 9.90 Å².